The molecule has 1 saturated heterocycles. The van der Waals surface area contributed by atoms with E-state index < -0.39 is 11.7 Å². The Hall–Kier alpha value is -2.05. The van der Waals surface area contributed by atoms with Crippen LogP contribution in [-0.4, -0.2) is 54.1 Å². The molecule has 1 heterocycles. The molecule has 0 spiro atoms. The van der Waals surface area contributed by atoms with Crippen LogP contribution >= 0.6 is 0 Å². The predicted molar refractivity (Wildman–Crippen MR) is 91.4 cm³/mol. The van der Waals surface area contributed by atoms with E-state index in [9.17, 15) is 14.4 Å². The van der Waals surface area contributed by atoms with E-state index in [2.05, 4.69) is 10.6 Å². The highest BCUT2D eigenvalue weighted by atomic mass is 16.6. The number of amides is 3. The summed E-state index contributed by atoms with van der Waals surface area (Å²) in [6.45, 7) is 8.33. The maximum absolute atomic E-state index is 12.1. The molecule has 0 saturated carbocycles. The molecule has 1 fully saturated rings. The third kappa shape index (κ3) is 7.99. The second-order valence-corrected chi connectivity index (χ2v) is 6.83. The first-order chi connectivity index (χ1) is 11.2. The molecule has 136 valence electrons. The maximum Gasteiger partial charge on any atom is 0.408 e. The summed E-state index contributed by atoms with van der Waals surface area (Å²) in [6, 6.07) is 0.0851. The first-order valence-corrected chi connectivity index (χ1v) is 8.43. The molecular formula is C17H29N3O4. The zero-order chi connectivity index (χ0) is 18.2. The Balaban J connectivity index is 2.29. The van der Waals surface area contributed by atoms with Gasteiger partial charge in [0.1, 0.15) is 12.1 Å². The minimum atomic E-state index is -0.597. The molecule has 7 heteroatoms. The second-order valence-electron chi connectivity index (χ2n) is 6.83. The largest absolute Gasteiger partial charge is 0.444 e. The highest BCUT2D eigenvalue weighted by Gasteiger charge is 2.24. The molecule has 0 radical (unpaired) electrons. The summed E-state index contributed by atoms with van der Waals surface area (Å²) in [5.41, 5.74) is -0.587. The molecule has 3 amide bonds. The lowest BCUT2D eigenvalue weighted by atomic mass is 10.0. The Labute approximate surface area is 143 Å². The molecule has 0 aromatic heterocycles. The minimum absolute atomic E-state index is 0.0782. The Morgan fingerprint density at radius 3 is 2.38 bits per heavy atom. The van der Waals surface area contributed by atoms with Gasteiger partial charge in [0, 0.05) is 19.1 Å². The molecule has 24 heavy (non-hydrogen) atoms. The quantitative estimate of drug-likeness (QED) is 0.745. The molecule has 0 atom stereocenters. The van der Waals surface area contributed by atoms with E-state index in [1.54, 1.807) is 31.7 Å². The number of carbonyl (C=O) groups is 3. The van der Waals surface area contributed by atoms with Crippen molar-refractivity contribution in [3.05, 3.63) is 12.2 Å². The van der Waals surface area contributed by atoms with Crippen molar-refractivity contribution >= 4 is 17.9 Å². The van der Waals surface area contributed by atoms with Gasteiger partial charge in [0.25, 0.3) is 0 Å². The maximum atomic E-state index is 12.1. The predicted octanol–water partition coefficient (Wildman–Crippen LogP) is 1.58. The van der Waals surface area contributed by atoms with Gasteiger partial charge in [0.15, 0.2) is 0 Å². The molecule has 0 aliphatic carbocycles. The highest BCUT2D eigenvalue weighted by Crippen LogP contribution is 2.11. The van der Waals surface area contributed by atoms with Gasteiger partial charge in [-0.05, 0) is 46.1 Å². The Bertz CT molecular complexity index is 475. The van der Waals surface area contributed by atoms with Crippen molar-refractivity contribution in [1.82, 2.24) is 15.5 Å². The summed E-state index contributed by atoms with van der Waals surface area (Å²) in [5, 5.41) is 5.41. The van der Waals surface area contributed by atoms with Crippen molar-refractivity contribution in [1.29, 1.82) is 0 Å². The number of hydrogen-bond donors (Lipinski definition) is 2. The fourth-order valence-corrected chi connectivity index (χ4v) is 2.32. The Morgan fingerprint density at radius 2 is 1.83 bits per heavy atom. The van der Waals surface area contributed by atoms with Gasteiger partial charge in [-0.25, -0.2) is 4.79 Å². The number of likely N-dealkylation sites (tertiary alicyclic amines) is 1. The van der Waals surface area contributed by atoms with Gasteiger partial charge in [0.2, 0.25) is 11.8 Å². The number of ether oxygens (including phenoxy) is 1. The second kappa shape index (κ2) is 9.30. The zero-order valence-corrected chi connectivity index (χ0v) is 15.1. The van der Waals surface area contributed by atoms with Gasteiger partial charge in [-0.2, -0.15) is 0 Å². The summed E-state index contributed by atoms with van der Waals surface area (Å²) in [4.78, 5) is 37.0. The number of nitrogens with zero attached hydrogens (tertiary/aromatic N) is 1. The molecule has 1 rings (SSSR count). The summed E-state index contributed by atoms with van der Waals surface area (Å²) in [5.74, 6) is -0.232. The van der Waals surface area contributed by atoms with Gasteiger partial charge in [-0.15, -0.1) is 0 Å². The van der Waals surface area contributed by atoms with Crippen molar-refractivity contribution < 1.29 is 19.1 Å². The molecule has 0 aromatic carbocycles. The van der Waals surface area contributed by atoms with Crippen molar-refractivity contribution in [3.63, 3.8) is 0 Å². The standard InChI is InChI=1S/C17H29N3O4/c1-5-6-7-14(21)19-13-8-10-20(11-9-13)15(22)12-18-16(23)24-17(2,3)4/h6-7,13H,5,8-12H2,1-4H3,(H,18,23)(H,19,21)/b7-6+. The van der Waals surface area contributed by atoms with E-state index in [0.717, 1.165) is 6.42 Å². The van der Waals surface area contributed by atoms with Gasteiger partial charge in [-0.1, -0.05) is 13.0 Å². The van der Waals surface area contributed by atoms with E-state index in [0.29, 0.717) is 25.9 Å². The summed E-state index contributed by atoms with van der Waals surface area (Å²) in [6.07, 6.45) is 5.01. The molecule has 2 N–H and O–H groups in total. The van der Waals surface area contributed by atoms with Crippen LogP contribution in [0.3, 0.4) is 0 Å². The Kier molecular flexibility index (Phi) is 7.74. The van der Waals surface area contributed by atoms with E-state index in [4.69, 9.17) is 4.74 Å². The van der Waals surface area contributed by atoms with Gasteiger partial charge in [-0.3, -0.25) is 9.59 Å². The van der Waals surface area contributed by atoms with Gasteiger partial charge < -0.3 is 20.3 Å². The van der Waals surface area contributed by atoms with Gasteiger partial charge in [0.05, 0.1) is 0 Å². The van der Waals surface area contributed by atoms with Crippen molar-refractivity contribution in [2.75, 3.05) is 19.6 Å². The first kappa shape index (κ1) is 20.0. The van der Waals surface area contributed by atoms with Crippen LogP contribution in [0.4, 0.5) is 4.79 Å². The fourth-order valence-electron chi connectivity index (χ4n) is 2.32. The van der Waals surface area contributed by atoms with Crippen LogP contribution in [0.15, 0.2) is 12.2 Å². The number of carbonyl (C=O) groups excluding carboxylic acids is 3. The third-order valence-electron chi connectivity index (χ3n) is 3.48. The minimum Gasteiger partial charge on any atom is -0.444 e. The molecule has 0 bridgehead atoms. The van der Waals surface area contributed by atoms with Crippen LogP contribution in [0.1, 0.15) is 47.0 Å². The molecule has 1 aliphatic rings. The normalized spacial score (nSPS) is 16.1. The molecular weight excluding hydrogens is 310 g/mol. The highest BCUT2D eigenvalue weighted by molar-refractivity contribution is 5.87. The average molecular weight is 339 g/mol. The van der Waals surface area contributed by atoms with Crippen LogP contribution in [0.25, 0.3) is 0 Å². The van der Waals surface area contributed by atoms with Crippen molar-refractivity contribution in [2.24, 2.45) is 0 Å². The van der Waals surface area contributed by atoms with E-state index in [-0.39, 0.29) is 24.4 Å². The van der Waals surface area contributed by atoms with Crippen molar-refractivity contribution in [2.45, 2.75) is 58.6 Å². The lowest BCUT2D eigenvalue weighted by Gasteiger charge is -2.32. The number of hydrogen-bond acceptors (Lipinski definition) is 4. The fraction of sp³-hybridized carbons (Fsp3) is 0.706. The van der Waals surface area contributed by atoms with Crippen LogP contribution in [-0.2, 0) is 14.3 Å². The molecule has 0 aromatic rings. The average Bonchev–Trinajstić information content (AvgIpc) is 2.49. The third-order valence-corrected chi connectivity index (χ3v) is 3.48. The van der Waals surface area contributed by atoms with Crippen LogP contribution in [0.5, 0.6) is 0 Å². The first-order valence-electron chi connectivity index (χ1n) is 8.43. The molecule has 0 unspecified atom stereocenters. The number of piperidine rings is 1. The summed E-state index contributed by atoms with van der Waals surface area (Å²) in [7, 11) is 0. The zero-order valence-electron chi connectivity index (χ0n) is 15.1. The van der Waals surface area contributed by atoms with E-state index >= 15 is 0 Å². The van der Waals surface area contributed by atoms with Crippen LogP contribution in [0.2, 0.25) is 0 Å². The Morgan fingerprint density at radius 1 is 1.21 bits per heavy atom. The number of allylic oxidation sites excluding steroid dienone is 1. The topological polar surface area (TPSA) is 87.7 Å². The van der Waals surface area contributed by atoms with Crippen LogP contribution in [0, 0.1) is 0 Å². The summed E-state index contributed by atoms with van der Waals surface area (Å²) < 4.78 is 5.09. The molecule has 1 aliphatic heterocycles. The lowest BCUT2D eigenvalue weighted by molar-refractivity contribution is -0.131. The number of nitrogens with one attached hydrogen (secondary N) is 2. The van der Waals surface area contributed by atoms with Crippen LogP contribution < -0.4 is 10.6 Å². The van der Waals surface area contributed by atoms with Gasteiger partial charge >= 0.3 is 6.09 Å². The number of rotatable bonds is 5. The number of alkyl carbamates (subject to hydrolysis) is 1. The SMILES string of the molecule is CC/C=C/C(=O)NC1CCN(C(=O)CNC(=O)OC(C)(C)C)CC1. The lowest BCUT2D eigenvalue weighted by Crippen LogP contribution is -2.49. The van der Waals surface area contributed by atoms with Crippen molar-refractivity contribution in [3.8, 4) is 0 Å². The monoisotopic (exact) mass is 339 g/mol. The summed E-state index contributed by atoms with van der Waals surface area (Å²) >= 11 is 0. The smallest absolute Gasteiger partial charge is 0.408 e. The van der Waals surface area contributed by atoms with E-state index in [1.165, 1.54) is 0 Å². The molecule has 7 nitrogen and oxygen atoms in total. The van der Waals surface area contributed by atoms with E-state index in [1.807, 2.05) is 13.0 Å².